The van der Waals surface area contributed by atoms with E-state index in [1.807, 2.05) is 35.8 Å². The first kappa shape index (κ1) is 21.5. The number of hydrogen-bond donors (Lipinski definition) is 0. The number of nitro benzene ring substituents is 1. The summed E-state index contributed by atoms with van der Waals surface area (Å²) in [4.78, 5) is 43.6. The second-order valence-electron chi connectivity index (χ2n) is 7.64. The maximum absolute atomic E-state index is 13.6. The van der Waals surface area contributed by atoms with E-state index in [9.17, 15) is 19.7 Å². The maximum Gasteiger partial charge on any atom is 0.321 e. The summed E-state index contributed by atoms with van der Waals surface area (Å²) in [6.45, 7) is 4.29. The Hall–Kier alpha value is -3.75. The molecule has 9 nitrogen and oxygen atoms in total. The fourth-order valence-electron chi connectivity index (χ4n) is 4.17. The minimum absolute atomic E-state index is 0.0659. The van der Waals surface area contributed by atoms with E-state index >= 15 is 0 Å². The normalized spacial score (nSPS) is 17.9. The zero-order valence-electron chi connectivity index (χ0n) is 17.9. The fourth-order valence-corrected chi connectivity index (χ4v) is 4.17. The molecule has 0 bridgehead atoms. The Bertz CT molecular complexity index is 1170. The molecule has 166 valence electrons. The van der Waals surface area contributed by atoms with Crippen LogP contribution < -0.4 is 4.90 Å². The first-order chi connectivity index (χ1) is 15.5. The molecule has 2 aromatic carbocycles. The molecule has 3 aromatic rings. The van der Waals surface area contributed by atoms with Gasteiger partial charge in [0.2, 0.25) is 11.9 Å². The smallest absolute Gasteiger partial charge is 0.321 e. The van der Waals surface area contributed by atoms with E-state index in [1.54, 1.807) is 24.0 Å². The van der Waals surface area contributed by atoms with Crippen LogP contribution in [0.3, 0.4) is 0 Å². The van der Waals surface area contributed by atoms with Crippen molar-refractivity contribution in [2.45, 2.75) is 32.7 Å². The van der Waals surface area contributed by atoms with Gasteiger partial charge in [-0.05, 0) is 31.0 Å². The molecule has 1 aromatic heterocycles. The van der Waals surface area contributed by atoms with Crippen molar-refractivity contribution in [1.82, 2.24) is 9.55 Å². The number of imidazole rings is 1. The summed E-state index contributed by atoms with van der Waals surface area (Å²) >= 11 is 0. The molecule has 0 unspecified atom stereocenters. The Morgan fingerprint density at radius 3 is 2.53 bits per heavy atom. The molecule has 0 saturated carbocycles. The Kier molecular flexibility index (Phi) is 5.89. The molecule has 9 heteroatoms. The third-order valence-corrected chi connectivity index (χ3v) is 5.67. The standard InChI is InChI=1S/C23H24N4O5/c1-3-5-14-25-21(28)19(22(29)32-4-2)20(15-10-12-16(13-11-15)27(30)31)26-18-9-7-6-8-17(18)24-23(25)26/h6-13,19-20H,3-5,14H2,1-2H3/t19-,20+/m1/s1. The van der Waals surface area contributed by atoms with Crippen LogP contribution in [0.5, 0.6) is 0 Å². The highest BCUT2D eigenvalue weighted by Gasteiger charge is 2.47. The second kappa shape index (κ2) is 8.78. The maximum atomic E-state index is 13.6. The Labute approximate surface area is 184 Å². The third-order valence-electron chi connectivity index (χ3n) is 5.67. The van der Waals surface area contributed by atoms with Crippen LogP contribution in [-0.2, 0) is 14.3 Å². The van der Waals surface area contributed by atoms with Gasteiger partial charge in [0, 0.05) is 18.7 Å². The van der Waals surface area contributed by atoms with Crippen LogP contribution in [0, 0.1) is 16.0 Å². The quantitative estimate of drug-likeness (QED) is 0.241. The molecule has 0 aliphatic carbocycles. The molecule has 0 spiro atoms. The van der Waals surface area contributed by atoms with Crippen molar-refractivity contribution in [2.24, 2.45) is 5.92 Å². The van der Waals surface area contributed by atoms with E-state index in [1.165, 1.54) is 12.1 Å². The molecule has 0 N–H and O–H groups in total. The van der Waals surface area contributed by atoms with Gasteiger partial charge in [-0.15, -0.1) is 0 Å². The largest absolute Gasteiger partial charge is 0.465 e. The SMILES string of the molecule is CCCCN1C(=O)[C@H](C(=O)OCC)[C@H](c2ccc([N+](=O)[O-])cc2)n2c1nc1ccccc12. The van der Waals surface area contributed by atoms with E-state index in [0.29, 0.717) is 23.6 Å². The van der Waals surface area contributed by atoms with E-state index in [2.05, 4.69) is 0 Å². The summed E-state index contributed by atoms with van der Waals surface area (Å²) < 4.78 is 7.18. The molecule has 0 saturated heterocycles. The molecule has 1 aliphatic heterocycles. The lowest BCUT2D eigenvalue weighted by Crippen LogP contribution is -2.50. The Morgan fingerprint density at radius 2 is 1.88 bits per heavy atom. The van der Waals surface area contributed by atoms with Crippen LogP contribution in [0.15, 0.2) is 48.5 Å². The van der Waals surface area contributed by atoms with Crippen molar-refractivity contribution in [2.75, 3.05) is 18.1 Å². The predicted octanol–water partition coefficient (Wildman–Crippen LogP) is 3.86. The number of esters is 1. The van der Waals surface area contributed by atoms with Gasteiger partial charge in [0.25, 0.3) is 5.69 Å². The molecular weight excluding hydrogens is 412 g/mol. The zero-order chi connectivity index (χ0) is 22.8. The molecule has 1 aliphatic rings. The zero-order valence-corrected chi connectivity index (χ0v) is 17.9. The van der Waals surface area contributed by atoms with Crippen LogP contribution >= 0.6 is 0 Å². The van der Waals surface area contributed by atoms with Crippen molar-refractivity contribution >= 4 is 34.5 Å². The van der Waals surface area contributed by atoms with Crippen molar-refractivity contribution in [1.29, 1.82) is 0 Å². The number of carbonyl (C=O) groups is 2. The van der Waals surface area contributed by atoms with Gasteiger partial charge in [-0.1, -0.05) is 37.6 Å². The highest BCUT2D eigenvalue weighted by Crippen LogP contribution is 2.41. The number of rotatable bonds is 7. The van der Waals surface area contributed by atoms with E-state index < -0.39 is 22.9 Å². The molecule has 32 heavy (non-hydrogen) atoms. The van der Waals surface area contributed by atoms with Gasteiger partial charge in [0.15, 0.2) is 5.92 Å². The highest BCUT2D eigenvalue weighted by atomic mass is 16.6. The number of unbranched alkanes of at least 4 members (excludes halogenated alkanes) is 1. The highest BCUT2D eigenvalue weighted by molar-refractivity contribution is 6.08. The van der Waals surface area contributed by atoms with Gasteiger partial charge >= 0.3 is 5.97 Å². The first-order valence-corrected chi connectivity index (χ1v) is 10.7. The molecule has 2 atom stereocenters. The molecule has 0 radical (unpaired) electrons. The van der Waals surface area contributed by atoms with Crippen molar-refractivity contribution < 1.29 is 19.2 Å². The summed E-state index contributed by atoms with van der Waals surface area (Å²) in [6.07, 6.45) is 1.63. The average molecular weight is 436 g/mol. The van der Waals surface area contributed by atoms with Crippen LogP contribution in [0.1, 0.15) is 38.3 Å². The number of non-ortho nitro benzene ring substituents is 1. The monoisotopic (exact) mass is 436 g/mol. The van der Waals surface area contributed by atoms with E-state index in [-0.39, 0.29) is 18.2 Å². The minimum atomic E-state index is -1.13. The molecule has 1 amide bonds. The molecule has 2 heterocycles. The lowest BCUT2D eigenvalue weighted by molar-refractivity contribution is -0.384. The number of para-hydroxylation sites is 2. The number of fused-ring (bicyclic) bond motifs is 3. The number of anilines is 1. The van der Waals surface area contributed by atoms with E-state index in [4.69, 9.17) is 9.72 Å². The summed E-state index contributed by atoms with van der Waals surface area (Å²) in [7, 11) is 0. The molecule has 0 fully saturated rings. The lowest BCUT2D eigenvalue weighted by Gasteiger charge is -2.37. The number of benzene rings is 2. The predicted molar refractivity (Wildman–Crippen MR) is 118 cm³/mol. The van der Waals surface area contributed by atoms with Crippen molar-refractivity contribution in [3.63, 3.8) is 0 Å². The third kappa shape index (κ3) is 3.59. The number of carbonyl (C=O) groups excluding carboxylic acids is 2. The second-order valence-corrected chi connectivity index (χ2v) is 7.64. The summed E-state index contributed by atoms with van der Waals surface area (Å²) in [5, 5.41) is 11.1. The Morgan fingerprint density at radius 1 is 1.16 bits per heavy atom. The Balaban J connectivity index is 1.95. The number of aromatic nitrogens is 2. The van der Waals surface area contributed by atoms with Gasteiger partial charge < -0.3 is 9.30 Å². The van der Waals surface area contributed by atoms with Crippen LogP contribution in [0.2, 0.25) is 0 Å². The van der Waals surface area contributed by atoms with Crippen LogP contribution in [0.25, 0.3) is 11.0 Å². The van der Waals surface area contributed by atoms with Crippen molar-refractivity contribution in [3.8, 4) is 0 Å². The van der Waals surface area contributed by atoms with Crippen LogP contribution in [-0.4, -0.2) is 39.5 Å². The van der Waals surface area contributed by atoms with Crippen molar-refractivity contribution in [3.05, 3.63) is 64.2 Å². The number of amides is 1. The van der Waals surface area contributed by atoms with Gasteiger partial charge in [-0.2, -0.15) is 0 Å². The minimum Gasteiger partial charge on any atom is -0.465 e. The fraction of sp³-hybridized carbons (Fsp3) is 0.348. The lowest BCUT2D eigenvalue weighted by atomic mass is 9.89. The summed E-state index contributed by atoms with van der Waals surface area (Å²) in [5.74, 6) is -1.65. The van der Waals surface area contributed by atoms with Gasteiger partial charge in [-0.3, -0.25) is 24.6 Å². The molecule has 4 rings (SSSR count). The van der Waals surface area contributed by atoms with Gasteiger partial charge in [0.05, 0.1) is 28.6 Å². The summed E-state index contributed by atoms with van der Waals surface area (Å²) in [5.41, 5.74) is 2.01. The average Bonchev–Trinajstić information content (AvgIpc) is 3.17. The molecular formula is C23H24N4O5. The number of nitrogens with zero attached hydrogens (tertiary/aromatic N) is 4. The summed E-state index contributed by atoms with van der Waals surface area (Å²) in [6, 6.07) is 12.7. The number of hydrogen-bond acceptors (Lipinski definition) is 6. The van der Waals surface area contributed by atoms with Gasteiger partial charge in [-0.25, -0.2) is 4.98 Å². The van der Waals surface area contributed by atoms with Crippen LogP contribution in [0.4, 0.5) is 11.6 Å². The number of nitro groups is 1. The first-order valence-electron chi connectivity index (χ1n) is 10.7. The van der Waals surface area contributed by atoms with E-state index in [0.717, 1.165) is 18.4 Å². The van der Waals surface area contributed by atoms with Gasteiger partial charge in [0.1, 0.15) is 0 Å². The topological polar surface area (TPSA) is 108 Å². The number of ether oxygens (including phenoxy) is 1.